The monoisotopic (exact) mass is 242 g/mol. The van der Waals surface area contributed by atoms with Crippen molar-refractivity contribution >= 4 is 23.3 Å². The van der Waals surface area contributed by atoms with E-state index in [-0.39, 0.29) is 12.5 Å². The third kappa shape index (κ3) is 2.91. The van der Waals surface area contributed by atoms with Crippen molar-refractivity contribution in [2.75, 3.05) is 25.1 Å². The maximum absolute atomic E-state index is 11.7. The summed E-state index contributed by atoms with van der Waals surface area (Å²) in [7, 11) is 0. The molecule has 1 N–H and O–H groups in total. The highest BCUT2D eigenvalue weighted by Gasteiger charge is 2.22. The van der Waals surface area contributed by atoms with E-state index < -0.39 is 6.10 Å². The lowest BCUT2D eigenvalue weighted by Crippen LogP contribution is -2.39. The predicted octanol–water partition coefficient (Wildman–Crippen LogP) is 1.09. The van der Waals surface area contributed by atoms with Gasteiger partial charge in [0.1, 0.15) is 11.0 Å². The lowest BCUT2D eigenvalue weighted by molar-refractivity contribution is -0.142. The van der Waals surface area contributed by atoms with Gasteiger partial charge in [-0.15, -0.1) is 0 Å². The van der Waals surface area contributed by atoms with Gasteiger partial charge in [0, 0.05) is 0 Å². The van der Waals surface area contributed by atoms with Crippen LogP contribution in [0, 0.1) is 0 Å². The first-order valence-corrected chi connectivity index (χ1v) is 5.26. The maximum atomic E-state index is 11.7. The van der Waals surface area contributed by atoms with Gasteiger partial charge in [0.05, 0.1) is 19.8 Å². The Hall–Kier alpha value is -1.17. The predicted molar refractivity (Wildman–Crippen MR) is 58.4 cm³/mol. The zero-order valence-corrected chi connectivity index (χ0v) is 9.24. The minimum absolute atomic E-state index is 0.269. The van der Waals surface area contributed by atoms with Gasteiger partial charge in [-0.1, -0.05) is 17.7 Å². The van der Waals surface area contributed by atoms with Gasteiger partial charge in [-0.2, -0.15) is 0 Å². The fourth-order valence-corrected chi connectivity index (χ4v) is 1.49. The van der Waals surface area contributed by atoms with E-state index in [4.69, 9.17) is 21.1 Å². The van der Waals surface area contributed by atoms with Gasteiger partial charge >= 0.3 is 0 Å². The third-order valence-electron chi connectivity index (χ3n) is 2.07. The topological polar surface area (TPSA) is 60.5 Å². The molecule has 1 aliphatic heterocycles. The smallest absolute Gasteiger partial charge is 0.257 e. The number of hydrogen-bond donors (Lipinski definition) is 1. The lowest BCUT2D eigenvalue weighted by Gasteiger charge is -2.21. The Balaban J connectivity index is 1.96. The molecule has 0 radical (unpaired) electrons. The zero-order valence-electron chi connectivity index (χ0n) is 8.48. The number of halogens is 1. The van der Waals surface area contributed by atoms with E-state index >= 15 is 0 Å². The maximum Gasteiger partial charge on any atom is 0.257 e. The molecule has 1 amide bonds. The molecule has 2 heterocycles. The number of rotatable bonds is 2. The lowest BCUT2D eigenvalue weighted by atomic mass is 10.3. The largest absolute Gasteiger partial charge is 0.376 e. The number of pyridine rings is 1. The fraction of sp³-hybridized carbons (Fsp3) is 0.400. The van der Waals surface area contributed by atoms with Crippen molar-refractivity contribution in [3.8, 4) is 0 Å². The van der Waals surface area contributed by atoms with E-state index in [2.05, 4.69) is 10.3 Å². The number of hydrogen-bond acceptors (Lipinski definition) is 4. The number of anilines is 1. The van der Waals surface area contributed by atoms with Crippen molar-refractivity contribution in [2.45, 2.75) is 6.10 Å². The summed E-state index contributed by atoms with van der Waals surface area (Å²) in [5.74, 6) is 0.140. The van der Waals surface area contributed by atoms with Crippen molar-refractivity contribution < 1.29 is 14.3 Å². The summed E-state index contributed by atoms with van der Waals surface area (Å²) in [4.78, 5) is 15.6. The molecule has 1 aliphatic rings. The van der Waals surface area contributed by atoms with Crippen molar-refractivity contribution in [1.29, 1.82) is 0 Å². The fourth-order valence-electron chi connectivity index (χ4n) is 1.32. The van der Waals surface area contributed by atoms with Crippen LogP contribution < -0.4 is 5.32 Å². The molecule has 1 fully saturated rings. The first-order chi connectivity index (χ1) is 7.75. The molecular weight excluding hydrogens is 232 g/mol. The van der Waals surface area contributed by atoms with Crippen LogP contribution in [0.5, 0.6) is 0 Å². The molecule has 6 heteroatoms. The molecule has 0 aliphatic carbocycles. The Morgan fingerprint density at radius 3 is 3.06 bits per heavy atom. The van der Waals surface area contributed by atoms with E-state index in [9.17, 15) is 4.79 Å². The number of nitrogens with zero attached hydrogens (tertiary/aromatic N) is 1. The molecule has 5 nitrogen and oxygen atoms in total. The second-order valence-corrected chi connectivity index (χ2v) is 3.66. The number of carbonyl (C=O) groups is 1. The molecule has 1 aromatic heterocycles. The van der Waals surface area contributed by atoms with Crippen LogP contribution in [0.3, 0.4) is 0 Å². The SMILES string of the molecule is O=C(Nc1cccc(Cl)n1)C1COCCO1. The van der Waals surface area contributed by atoms with Crippen molar-refractivity contribution in [3.63, 3.8) is 0 Å². The summed E-state index contributed by atoms with van der Waals surface area (Å²) in [6, 6.07) is 5.01. The van der Waals surface area contributed by atoms with Crippen LogP contribution in [-0.2, 0) is 14.3 Å². The molecule has 0 aromatic carbocycles. The highest BCUT2D eigenvalue weighted by Crippen LogP contribution is 2.10. The number of amides is 1. The quantitative estimate of drug-likeness (QED) is 0.789. The first-order valence-electron chi connectivity index (χ1n) is 4.88. The van der Waals surface area contributed by atoms with Crippen LogP contribution in [0.25, 0.3) is 0 Å². The van der Waals surface area contributed by atoms with Crippen LogP contribution in [0.4, 0.5) is 5.82 Å². The minimum atomic E-state index is -0.575. The average Bonchev–Trinajstić information content (AvgIpc) is 2.30. The minimum Gasteiger partial charge on any atom is -0.376 e. The van der Waals surface area contributed by atoms with E-state index in [1.807, 2.05) is 0 Å². The number of carbonyl (C=O) groups excluding carboxylic acids is 1. The van der Waals surface area contributed by atoms with Crippen molar-refractivity contribution in [3.05, 3.63) is 23.4 Å². The number of aromatic nitrogens is 1. The summed E-state index contributed by atoms with van der Waals surface area (Å²) in [6.45, 7) is 1.23. The Kier molecular flexibility index (Phi) is 3.71. The van der Waals surface area contributed by atoms with Gasteiger partial charge < -0.3 is 14.8 Å². The second-order valence-electron chi connectivity index (χ2n) is 3.27. The van der Waals surface area contributed by atoms with Gasteiger partial charge in [0.25, 0.3) is 5.91 Å². The van der Waals surface area contributed by atoms with Crippen LogP contribution in [0.2, 0.25) is 5.15 Å². The molecule has 0 spiro atoms. The third-order valence-corrected chi connectivity index (χ3v) is 2.29. The Morgan fingerprint density at radius 2 is 2.38 bits per heavy atom. The van der Waals surface area contributed by atoms with Crippen LogP contribution in [0.15, 0.2) is 18.2 Å². The van der Waals surface area contributed by atoms with Crippen LogP contribution in [-0.4, -0.2) is 36.8 Å². The van der Waals surface area contributed by atoms with Gasteiger partial charge in [0.15, 0.2) is 6.10 Å². The average molecular weight is 243 g/mol. The summed E-state index contributed by atoms with van der Waals surface area (Å²) in [5.41, 5.74) is 0. The number of ether oxygens (including phenoxy) is 2. The Morgan fingerprint density at radius 1 is 1.50 bits per heavy atom. The Bertz CT molecular complexity index is 380. The van der Waals surface area contributed by atoms with Gasteiger partial charge in [-0.25, -0.2) is 4.98 Å². The summed E-state index contributed by atoms with van der Waals surface area (Å²) in [5, 5.41) is 2.95. The Labute approximate surface area is 97.7 Å². The van der Waals surface area contributed by atoms with Crippen molar-refractivity contribution in [1.82, 2.24) is 4.98 Å². The summed E-state index contributed by atoms with van der Waals surface area (Å²) in [6.07, 6.45) is -0.575. The highest BCUT2D eigenvalue weighted by molar-refractivity contribution is 6.29. The van der Waals surface area contributed by atoms with Gasteiger partial charge in [-0.3, -0.25) is 4.79 Å². The normalized spacial score (nSPS) is 20.4. The second kappa shape index (κ2) is 5.25. The standard InChI is InChI=1S/C10H11ClN2O3/c11-8-2-1-3-9(12-8)13-10(14)7-6-15-4-5-16-7/h1-3,7H,4-6H2,(H,12,13,14). The highest BCUT2D eigenvalue weighted by atomic mass is 35.5. The number of nitrogens with one attached hydrogen (secondary N) is 1. The molecule has 86 valence electrons. The van der Waals surface area contributed by atoms with Crippen LogP contribution in [0.1, 0.15) is 0 Å². The molecule has 1 atom stereocenters. The molecule has 0 saturated carbocycles. The van der Waals surface area contributed by atoms with Crippen molar-refractivity contribution in [2.24, 2.45) is 0 Å². The zero-order chi connectivity index (χ0) is 11.4. The summed E-state index contributed by atoms with van der Waals surface area (Å²) >= 11 is 5.70. The molecule has 0 bridgehead atoms. The molecule has 2 rings (SSSR count). The first kappa shape index (κ1) is 11.3. The van der Waals surface area contributed by atoms with E-state index in [1.54, 1.807) is 18.2 Å². The molecule has 1 aromatic rings. The molecule has 16 heavy (non-hydrogen) atoms. The molecular formula is C10H11ClN2O3. The van der Waals surface area contributed by atoms with Gasteiger partial charge in [-0.05, 0) is 12.1 Å². The molecule has 1 saturated heterocycles. The van der Waals surface area contributed by atoms with E-state index in [0.717, 1.165) is 0 Å². The van der Waals surface area contributed by atoms with E-state index in [1.165, 1.54) is 0 Å². The molecule has 1 unspecified atom stereocenters. The van der Waals surface area contributed by atoms with Gasteiger partial charge in [0.2, 0.25) is 0 Å². The van der Waals surface area contributed by atoms with E-state index in [0.29, 0.717) is 24.2 Å². The summed E-state index contributed by atoms with van der Waals surface area (Å²) < 4.78 is 10.4. The van der Waals surface area contributed by atoms with Crippen LogP contribution >= 0.6 is 11.6 Å².